The van der Waals surface area contributed by atoms with Gasteiger partial charge in [-0.05, 0) is 18.2 Å². The fourth-order valence-corrected chi connectivity index (χ4v) is 1.50. The van der Waals surface area contributed by atoms with Gasteiger partial charge in [0.2, 0.25) is 0 Å². The second kappa shape index (κ2) is 3.39. The molecule has 6 heteroatoms. The van der Waals surface area contributed by atoms with Gasteiger partial charge in [-0.15, -0.1) is 12.6 Å². The largest absolute Gasteiger partial charge is 0.507 e. The number of non-ortho nitro benzene ring substituents is 1. The third kappa shape index (κ3) is 1.59. The van der Waals surface area contributed by atoms with Gasteiger partial charge in [0.05, 0.1) is 9.95 Å². The molecule has 76 valence electrons. The monoisotopic (exact) mass is 222 g/mol. The number of aromatic hydroxyl groups is 1. The molecule has 0 saturated carbocycles. The Morgan fingerprint density at radius 1 is 1.33 bits per heavy atom. The number of pyridine rings is 1. The Balaban J connectivity index is 2.90. The summed E-state index contributed by atoms with van der Waals surface area (Å²) in [5.41, 5.74) is 0.00574. The van der Waals surface area contributed by atoms with Crippen LogP contribution < -0.4 is 0 Å². The van der Waals surface area contributed by atoms with Crippen LogP contribution in [0.3, 0.4) is 0 Å². The third-order valence-corrected chi connectivity index (χ3v) is 2.24. The number of nitrogens with zero attached hydrogens (tertiary/aromatic N) is 2. The van der Waals surface area contributed by atoms with Crippen LogP contribution in [0.2, 0.25) is 0 Å². The zero-order valence-electron chi connectivity index (χ0n) is 7.41. The summed E-state index contributed by atoms with van der Waals surface area (Å²) in [6.45, 7) is 0. The quantitative estimate of drug-likeness (QED) is 0.440. The van der Waals surface area contributed by atoms with Crippen LogP contribution in [0.15, 0.2) is 29.3 Å². The minimum atomic E-state index is -0.540. The molecule has 0 fully saturated rings. The summed E-state index contributed by atoms with van der Waals surface area (Å²) in [7, 11) is 0. The van der Waals surface area contributed by atoms with Crippen molar-refractivity contribution < 1.29 is 10.0 Å². The first-order valence-corrected chi connectivity index (χ1v) is 4.50. The highest BCUT2D eigenvalue weighted by molar-refractivity contribution is 7.80. The SMILES string of the molecule is O=[N+]([O-])c1ccc(O)c2ccc(S)nc12. The molecule has 0 radical (unpaired) electrons. The molecule has 1 N–H and O–H groups in total. The van der Waals surface area contributed by atoms with E-state index in [1.165, 1.54) is 12.1 Å². The highest BCUT2D eigenvalue weighted by Crippen LogP contribution is 2.31. The van der Waals surface area contributed by atoms with E-state index >= 15 is 0 Å². The molecule has 1 heterocycles. The number of nitro benzene ring substituents is 1. The Bertz CT molecular complexity index is 556. The molecular weight excluding hydrogens is 216 g/mol. The van der Waals surface area contributed by atoms with E-state index in [1.807, 2.05) is 0 Å². The number of nitro groups is 1. The van der Waals surface area contributed by atoms with Gasteiger partial charge < -0.3 is 5.11 Å². The van der Waals surface area contributed by atoms with Crippen molar-refractivity contribution in [1.82, 2.24) is 4.98 Å². The molecule has 0 amide bonds. The fourth-order valence-electron chi connectivity index (χ4n) is 1.32. The minimum Gasteiger partial charge on any atom is -0.507 e. The van der Waals surface area contributed by atoms with Gasteiger partial charge in [0.25, 0.3) is 5.69 Å². The second-order valence-corrected chi connectivity index (χ2v) is 3.38. The summed E-state index contributed by atoms with van der Waals surface area (Å²) < 4.78 is 0. The summed E-state index contributed by atoms with van der Waals surface area (Å²) >= 11 is 3.99. The van der Waals surface area contributed by atoms with Crippen molar-refractivity contribution in [3.63, 3.8) is 0 Å². The number of phenolic OH excluding ortho intramolecular Hbond substituents is 1. The van der Waals surface area contributed by atoms with Crippen molar-refractivity contribution >= 4 is 29.2 Å². The molecule has 0 spiro atoms. The molecule has 0 atom stereocenters. The van der Waals surface area contributed by atoms with E-state index in [0.717, 1.165) is 0 Å². The zero-order valence-corrected chi connectivity index (χ0v) is 8.31. The molecule has 0 bridgehead atoms. The van der Waals surface area contributed by atoms with Crippen LogP contribution in [0.1, 0.15) is 0 Å². The van der Waals surface area contributed by atoms with Gasteiger partial charge in [0.15, 0.2) is 5.52 Å². The van der Waals surface area contributed by atoms with Crippen LogP contribution in [0.5, 0.6) is 5.75 Å². The maximum absolute atomic E-state index is 10.7. The highest BCUT2D eigenvalue weighted by atomic mass is 32.1. The van der Waals surface area contributed by atoms with Crippen molar-refractivity contribution in [3.8, 4) is 5.75 Å². The molecule has 15 heavy (non-hydrogen) atoms. The first-order valence-electron chi connectivity index (χ1n) is 4.05. The van der Waals surface area contributed by atoms with Crippen molar-refractivity contribution in [2.45, 2.75) is 5.03 Å². The lowest BCUT2D eigenvalue weighted by atomic mass is 10.2. The molecule has 1 aromatic heterocycles. The maximum atomic E-state index is 10.7. The Morgan fingerprint density at radius 3 is 2.73 bits per heavy atom. The van der Waals surface area contributed by atoms with E-state index in [0.29, 0.717) is 10.4 Å². The lowest BCUT2D eigenvalue weighted by molar-refractivity contribution is -0.383. The van der Waals surface area contributed by atoms with E-state index in [4.69, 9.17) is 0 Å². The standard InChI is InChI=1S/C9H6N2O3S/c12-7-3-2-6(11(13)14)9-5(7)1-4-8(15)10-9/h1-4,12H,(H,10,15). The Labute approximate surface area is 89.9 Å². The van der Waals surface area contributed by atoms with E-state index in [1.54, 1.807) is 12.1 Å². The average Bonchev–Trinajstić information content (AvgIpc) is 2.17. The van der Waals surface area contributed by atoms with E-state index in [2.05, 4.69) is 17.6 Å². The number of benzene rings is 1. The first-order chi connectivity index (χ1) is 7.09. The van der Waals surface area contributed by atoms with Gasteiger partial charge in [-0.2, -0.15) is 0 Å². The summed E-state index contributed by atoms with van der Waals surface area (Å²) in [6.07, 6.45) is 0. The number of fused-ring (bicyclic) bond motifs is 1. The third-order valence-electron chi connectivity index (χ3n) is 1.99. The molecule has 2 aromatic rings. The van der Waals surface area contributed by atoms with Crippen LogP contribution in [0.4, 0.5) is 5.69 Å². The second-order valence-electron chi connectivity index (χ2n) is 2.93. The number of rotatable bonds is 1. The van der Waals surface area contributed by atoms with Crippen LogP contribution >= 0.6 is 12.6 Å². The molecule has 0 aliphatic heterocycles. The van der Waals surface area contributed by atoms with Gasteiger partial charge >= 0.3 is 0 Å². The maximum Gasteiger partial charge on any atom is 0.295 e. The van der Waals surface area contributed by atoms with Crippen molar-refractivity contribution in [2.24, 2.45) is 0 Å². The Kier molecular flexibility index (Phi) is 2.20. The summed E-state index contributed by atoms with van der Waals surface area (Å²) in [6, 6.07) is 5.61. The molecule has 1 aromatic carbocycles. The molecule has 2 rings (SSSR count). The average molecular weight is 222 g/mol. The lowest BCUT2D eigenvalue weighted by Crippen LogP contribution is -1.92. The van der Waals surface area contributed by atoms with Crippen molar-refractivity contribution in [1.29, 1.82) is 0 Å². The van der Waals surface area contributed by atoms with Gasteiger partial charge in [0.1, 0.15) is 5.75 Å². The summed E-state index contributed by atoms with van der Waals surface area (Å²) in [5, 5.41) is 20.9. The predicted octanol–water partition coefficient (Wildman–Crippen LogP) is 2.14. The van der Waals surface area contributed by atoms with Crippen LogP contribution in [0, 0.1) is 10.1 Å². The number of thiol groups is 1. The Morgan fingerprint density at radius 2 is 2.07 bits per heavy atom. The number of aromatic nitrogens is 1. The normalized spacial score (nSPS) is 10.5. The molecular formula is C9H6N2O3S. The van der Waals surface area contributed by atoms with Crippen LogP contribution in [-0.2, 0) is 0 Å². The summed E-state index contributed by atoms with van der Waals surface area (Å²) in [5.74, 6) is -0.0311. The number of hydrogen-bond acceptors (Lipinski definition) is 5. The topological polar surface area (TPSA) is 76.3 Å². The van der Waals surface area contributed by atoms with Gasteiger partial charge in [-0.25, -0.2) is 4.98 Å². The Hall–Kier alpha value is -1.82. The molecule has 5 nitrogen and oxygen atoms in total. The fraction of sp³-hybridized carbons (Fsp3) is 0. The lowest BCUT2D eigenvalue weighted by Gasteiger charge is -2.01. The van der Waals surface area contributed by atoms with Crippen molar-refractivity contribution in [2.75, 3.05) is 0 Å². The first kappa shape index (κ1) is 9.72. The van der Waals surface area contributed by atoms with E-state index in [-0.39, 0.29) is 17.0 Å². The van der Waals surface area contributed by atoms with Crippen LogP contribution in [0.25, 0.3) is 10.9 Å². The van der Waals surface area contributed by atoms with Gasteiger partial charge in [-0.3, -0.25) is 10.1 Å². The molecule has 0 unspecified atom stereocenters. The van der Waals surface area contributed by atoms with E-state index < -0.39 is 4.92 Å². The van der Waals surface area contributed by atoms with Crippen LogP contribution in [-0.4, -0.2) is 15.0 Å². The summed E-state index contributed by atoms with van der Waals surface area (Å²) in [4.78, 5) is 14.1. The zero-order chi connectivity index (χ0) is 11.0. The highest BCUT2D eigenvalue weighted by Gasteiger charge is 2.15. The van der Waals surface area contributed by atoms with Gasteiger partial charge in [0, 0.05) is 11.5 Å². The molecule has 0 aliphatic rings. The number of phenols is 1. The van der Waals surface area contributed by atoms with Gasteiger partial charge in [-0.1, -0.05) is 0 Å². The smallest absolute Gasteiger partial charge is 0.295 e. The predicted molar refractivity (Wildman–Crippen MR) is 57.3 cm³/mol. The minimum absolute atomic E-state index is 0.0311. The van der Waals surface area contributed by atoms with Crippen molar-refractivity contribution in [3.05, 3.63) is 34.4 Å². The molecule has 0 aliphatic carbocycles. The van der Waals surface area contributed by atoms with E-state index in [9.17, 15) is 15.2 Å². The molecule has 0 saturated heterocycles. The number of hydrogen-bond donors (Lipinski definition) is 2.